The van der Waals surface area contributed by atoms with Crippen molar-refractivity contribution in [2.24, 2.45) is 23.3 Å². The Labute approximate surface area is 198 Å². The van der Waals surface area contributed by atoms with Gasteiger partial charge in [-0.25, -0.2) is 4.79 Å². The van der Waals surface area contributed by atoms with E-state index in [4.69, 9.17) is 19.3 Å². The fourth-order valence-corrected chi connectivity index (χ4v) is 2.28. The van der Waals surface area contributed by atoms with Gasteiger partial charge in [-0.15, -0.1) is 0 Å². The second-order valence-corrected chi connectivity index (χ2v) is 6.83. The normalized spacial score (nSPS) is 11.2. The predicted molar refractivity (Wildman–Crippen MR) is 123 cm³/mol. The van der Waals surface area contributed by atoms with Crippen LogP contribution in [0.3, 0.4) is 0 Å². The van der Waals surface area contributed by atoms with Gasteiger partial charge < -0.3 is 29.8 Å². The van der Waals surface area contributed by atoms with Crippen LogP contribution in [0.4, 0.5) is 0 Å². The molecule has 0 aliphatic heterocycles. The number of furan rings is 2. The molecule has 0 fully saturated rings. The number of rotatable bonds is 11. The maximum absolute atomic E-state index is 11.7. The van der Waals surface area contributed by atoms with Crippen LogP contribution in [-0.4, -0.2) is 23.8 Å². The minimum absolute atomic E-state index is 0.115. The fourth-order valence-electron chi connectivity index (χ4n) is 2.28. The molecular weight excluding hydrogens is 444 g/mol. The molecule has 0 saturated carbocycles. The van der Waals surface area contributed by atoms with E-state index in [1.807, 2.05) is 6.92 Å². The second kappa shape index (κ2) is 17.5. The summed E-state index contributed by atoms with van der Waals surface area (Å²) in [5, 5.41) is 0. The summed E-state index contributed by atoms with van der Waals surface area (Å²) in [7, 11) is 0. The highest BCUT2D eigenvalue weighted by atomic mass is 16.5. The molecule has 186 valence electrons. The Morgan fingerprint density at radius 2 is 1.47 bits per heavy atom. The van der Waals surface area contributed by atoms with Crippen LogP contribution in [0, 0.1) is 11.8 Å². The van der Waals surface area contributed by atoms with E-state index in [2.05, 4.69) is 23.6 Å². The molecule has 2 unspecified atom stereocenters. The molecule has 0 aliphatic carbocycles. The van der Waals surface area contributed by atoms with Gasteiger partial charge in [0, 0.05) is 12.0 Å². The summed E-state index contributed by atoms with van der Waals surface area (Å²) in [6.45, 7) is 10.2. The third-order valence-electron chi connectivity index (χ3n) is 4.18. The van der Waals surface area contributed by atoms with E-state index in [9.17, 15) is 19.2 Å². The first kappa shape index (κ1) is 29.9. The zero-order chi connectivity index (χ0) is 25.9. The number of ether oxygens (including phenoxy) is 2. The molecule has 0 spiro atoms. The lowest BCUT2D eigenvalue weighted by Crippen LogP contribution is -2.27. The minimum Gasteiger partial charge on any atom is -0.466 e. The van der Waals surface area contributed by atoms with Crippen LogP contribution in [0.25, 0.3) is 0 Å². The van der Waals surface area contributed by atoms with Gasteiger partial charge in [-0.1, -0.05) is 27.0 Å². The van der Waals surface area contributed by atoms with Crippen LogP contribution >= 0.6 is 0 Å². The predicted octanol–water partition coefficient (Wildman–Crippen LogP) is 3.03. The van der Waals surface area contributed by atoms with Crippen LogP contribution in [0.1, 0.15) is 38.2 Å². The number of hydrogen-bond acceptors (Lipinski definition) is 8. The summed E-state index contributed by atoms with van der Waals surface area (Å²) in [4.78, 5) is 42.8. The highest BCUT2D eigenvalue weighted by molar-refractivity contribution is 5.85. The van der Waals surface area contributed by atoms with Crippen LogP contribution in [0.15, 0.2) is 70.9 Å². The lowest BCUT2D eigenvalue weighted by Gasteiger charge is -2.15. The number of carbonyl (C=O) groups is 4. The first-order chi connectivity index (χ1) is 16.1. The number of nitrogens with two attached hydrogens (primary N) is 2. The van der Waals surface area contributed by atoms with Crippen LogP contribution < -0.4 is 11.5 Å². The lowest BCUT2D eigenvalue weighted by molar-refractivity contribution is -0.150. The first-order valence-electron chi connectivity index (χ1n) is 10.4. The summed E-state index contributed by atoms with van der Waals surface area (Å²) in [5.41, 5.74) is 9.78. The molecule has 2 aromatic heterocycles. The third-order valence-corrected chi connectivity index (χ3v) is 4.18. The number of amides is 2. The topological polar surface area (TPSA) is 165 Å². The average Bonchev–Trinajstić information content (AvgIpc) is 3.54. The summed E-state index contributed by atoms with van der Waals surface area (Å²) in [6.07, 6.45) is 6.26. The lowest BCUT2D eigenvalue weighted by atomic mass is 9.93. The minimum atomic E-state index is -0.481. The quantitative estimate of drug-likeness (QED) is 0.369. The molecule has 0 aromatic carbocycles. The van der Waals surface area contributed by atoms with Crippen molar-refractivity contribution in [1.82, 2.24) is 0 Å². The number of esters is 2. The van der Waals surface area contributed by atoms with Crippen LogP contribution in [-0.2, 0) is 41.9 Å². The van der Waals surface area contributed by atoms with Gasteiger partial charge in [0.25, 0.3) is 0 Å². The summed E-state index contributed by atoms with van der Waals surface area (Å²) >= 11 is 0. The van der Waals surface area contributed by atoms with Crippen molar-refractivity contribution in [1.29, 1.82) is 0 Å². The summed E-state index contributed by atoms with van der Waals surface area (Å²) in [5.74, 6) is -1.05. The SMILES string of the molecule is C=CC(=O)OCc1ccco1.C=CC(N)=O.CCC(CC(C)C(=O)OCc1ccco1)C(N)=O. The van der Waals surface area contributed by atoms with Gasteiger partial charge in [0.2, 0.25) is 11.8 Å². The molecule has 0 radical (unpaired) electrons. The number of primary amides is 2. The summed E-state index contributed by atoms with van der Waals surface area (Å²) in [6, 6.07) is 6.93. The van der Waals surface area contributed by atoms with Crippen molar-refractivity contribution in [3.63, 3.8) is 0 Å². The number of carbonyl (C=O) groups excluding carboxylic acids is 4. The van der Waals surface area contributed by atoms with Gasteiger partial charge in [0.15, 0.2) is 0 Å². The van der Waals surface area contributed by atoms with Crippen LogP contribution in [0.5, 0.6) is 0 Å². The van der Waals surface area contributed by atoms with Gasteiger partial charge in [0.05, 0.1) is 18.4 Å². The molecule has 2 atom stereocenters. The molecular formula is C24H32N2O8. The zero-order valence-corrected chi connectivity index (χ0v) is 19.4. The molecule has 2 aromatic rings. The van der Waals surface area contributed by atoms with E-state index in [1.54, 1.807) is 31.2 Å². The Kier molecular flexibility index (Phi) is 15.4. The molecule has 4 N–H and O–H groups in total. The molecule has 0 saturated heterocycles. The highest BCUT2D eigenvalue weighted by Gasteiger charge is 2.22. The Balaban J connectivity index is 0.000000575. The van der Waals surface area contributed by atoms with Gasteiger partial charge in [-0.05, 0) is 43.2 Å². The molecule has 2 amide bonds. The van der Waals surface area contributed by atoms with E-state index < -0.39 is 11.9 Å². The molecule has 34 heavy (non-hydrogen) atoms. The molecule has 0 bridgehead atoms. The number of hydrogen-bond donors (Lipinski definition) is 2. The van der Waals surface area contributed by atoms with E-state index in [1.165, 1.54) is 12.5 Å². The second-order valence-electron chi connectivity index (χ2n) is 6.83. The zero-order valence-electron chi connectivity index (χ0n) is 19.4. The van der Waals surface area contributed by atoms with Gasteiger partial charge in [0.1, 0.15) is 24.7 Å². The van der Waals surface area contributed by atoms with Crippen molar-refractivity contribution in [2.45, 2.75) is 39.9 Å². The molecule has 10 nitrogen and oxygen atoms in total. The van der Waals surface area contributed by atoms with Gasteiger partial charge >= 0.3 is 11.9 Å². The smallest absolute Gasteiger partial charge is 0.330 e. The molecule has 2 rings (SSSR count). The van der Waals surface area contributed by atoms with E-state index in [0.717, 1.165) is 12.2 Å². The monoisotopic (exact) mass is 476 g/mol. The van der Waals surface area contributed by atoms with E-state index in [-0.39, 0.29) is 36.9 Å². The third kappa shape index (κ3) is 14.1. The molecule has 2 heterocycles. The first-order valence-corrected chi connectivity index (χ1v) is 10.4. The van der Waals surface area contributed by atoms with Crippen LogP contribution in [0.2, 0.25) is 0 Å². The van der Waals surface area contributed by atoms with Crippen molar-refractivity contribution in [3.05, 3.63) is 73.6 Å². The fraction of sp³-hybridized carbons (Fsp3) is 0.333. The highest BCUT2D eigenvalue weighted by Crippen LogP contribution is 2.17. The molecule has 10 heteroatoms. The average molecular weight is 477 g/mol. The standard InChI is InChI=1S/C13H19NO4.C8H8O3.C3H5NO/c1-3-10(12(14)15)7-9(2)13(16)18-8-11-5-4-6-17-11;1-2-8(9)11-6-7-4-3-5-10-7;1-2-3(4)5/h4-6,9-10H,3,7-8H2,1-2H3,(H2,14,15);2-5H,1,6H2;2H,1H2,(H2,4,5). The van der Waals surface area contributed by atoms with E-state index >= 15 is 0 Å². The van der Waals surface area contributed by atoms with E-state index in [0.29, 0.717) is 24.4 Å². The van der Waals surface area contributed by atoms with Crippen molar-refractivity contribution < 1.29 is 37.5 Å². The van der Waals surface area contributed by atoms with Crippen molar-refractivity contribution >= 4 is 23.8 Å². The summed E-state index contributed by atoms with van der Waals surface area (Å²) < 4.78 is 19.7. The maximum atomic E-state index is 11.7. The Bertz CT molecular complexity index is 888. The Morgan fingerprint density at radius 1 is 0.971 bits per heavy atom. The molecule has 0 aliphatic rings. The van der Waals surface area contributed by atoms with Gasteiger partial charge in [-0.2, -0.15) is 0 Å². The van der Waals surface area contributed by atoms with Crippen molar-refractivity contribution in [3.8, 4) is 0 Å². The Morgan fingerprint density at radius 3 is 1.82 bits per heavy atom. The largest absolute Gasteiger partial charge is 0.466 e. The van der Waals surface area contributed by atoms with Gasteiger partial charge in [-0.3, -0.25) is 14.4 Å². The maximum Gasteiger partial charge on any atom is 0.330 e. The Hall–Kier alpha value is -4.08. The van der Waals surface area contributed by atoms with Crippen molar-refractivity contribution in [2.75, 3.05) is 0 Å².